The third-order valence-electron chi connectivity index (χ3n) is 0.0598. The highest BCUT2D eigenvalue weighted by atomic mass is 79.9. The van der Waals surface area contributed by atoms with Gasteiger partial charge in [-0.15, -0.1) is 15.8 Å². The fourth-order valence-corrected chi connectivity index (χ4v) is 0. The van der Waals surface area contributed by atoms with Crippen LogP contribution in [0.5, 0.6) is 0 Å². The van der Waals surface area contributed by atoms with Gasteiger partial charge in [0, 0.05) is 5.97 Å². The first kappa shape index (κ1) is 10.9. The van der Waals surface area contributed by atoms with Gasteiger partial charge in [-0.2, -0.15) is 0 Å². The topological polar surface area (TPSA) is 27.0 Å². The van der Waals surface area contributed by atoms with E-state index in [0.717, 1.165) is 0 Å². The summed E-state index contributed by atoms with van der Waals surface area (Å²) < 4.78 is 0. The fourth-order valence-electron chi connectivity index (χ4n) is 0. The molecule has 0 fully saturated rings. The van der Waals surface area contributed by atoms with Crippen molar-refractivity contribution in [2.24, 2.45) is 0 Å². The lowest BCUT2D eigenvalue weighted by molar-refractivity contribution is 0.505. The van der Waals surface area contributed by atoms with Crippen molar-refractivity contribution in [1.29, 1.82) is 5.26 Å². The Balaban J connectivity index is 0. The quantitative estimate of drug-likeness (QED) is 0.500. The molecular weight excluding hydrogens is 167 g/mol. The number of halogens is 1. The number of nitriles is 1. The molecule has 0 saturated carbocycles. The first-order valence-electron chi connectivity index (χ1n) is 2.19. The van der Waals surface area contributed by atoms with E-state index in [9.17, 15) is 0 Å². The van der Waals surface area contributed by atoms with E-state index in [1.807, 2.05) is 32.0 Å². The molecule has 0 aromatic carbocycles. The number of hydrogen-bond donors (Lipinski definition) is 0. The molecule has 0 aliphatic carbocycles. The maximum atomic E-state index is 7.58. The Bertz CT molecular complexity index is 66.2. The molecule has 0 unspecified atom stereocenters. The van der Waals surface area contributed by atoms with Gasteiger partial charge in [0.2, 0.25) is 0 Å². The van der Waals surface area contributed by atoms with Gasteiger partial charge in [-0.1, -0.05) is 0 Å². The van der Waals surface area contributed by atoms with Crippen molar-refractivity contribution >= 4 is 21.9 Å². The predicted octanol–water partition coefficient (Wildman–Crippen LogP) is 0.392. The molecule has 0 aromatic heterocycles. The zero-order chi connectivity index (χ0) is 6.99. The third-order valence-corrected chi connectivity index (χ3v) is 0.311. The van der Waals surface area contributed by atoms with Gasteiger partial charge in [0.15, 0.2) is 0 Å². The number of hydrogen-bond acceptors (Lipinski definition) is 2. The molecule has 0 saturated heterocycles. The van der Waals surface area contributed by atoms with Crippen molar-refractivity contribution in [2.75, 3.05) is 21.1 Å². The number of rotatable bonds is 0. The second-order valence-corrected chi connectivity index (χ2v) is 2.19. The molecule has 0 N–H and O–H groups in total. The molecule has 0 bridgehead atoms. The van der Waals surface area contributed by atoms with Crippen LogP contribution in [0.2, 0.25) is 0 Å². The summed E-state index contributed by atoms with van der Waals surface area (Å²) in [5.74, 6) is 1.85. The van der Waals surface area contributed by atoms with Crippen LogP contribution in [-0.4, -0.2) is 32.1 Å². The molecule has 8 heavy (non-hydrogen) atoms. The first-order valence-corrected chi connectivity index (χ1v) is 3.31. The molecule has 0 aliphatic rings. The summed E-state index contributed by atoms with van der Waals surface area (Å²) in [6.45, 7) is 0. The Morgan fingerprint density at radius 2 is 1.62 bits per heavy atom. The highest BCUT2D eigenvalue weighted by Crippen LogP contribution is 1.62. The molecule has 46 valence electrons. The molecule has 0 spiro atoms. The van der Waals surface area contributed by atoms with E-state index in [1.165, 1.54) is 0 Å². The van der Waals surface area contributed by atoms with Gasteiger partial charge in [-0.05, 0) is 21.1 Å². The molecule has 0 amide bonds. The Hall–Kier alpha value is -0.00506. The molecule has 0 rings (SSSR count). The minimum absolute atomic E-state index is 0.438. The summed E-state index contributed by atoms with van der Waals surface area (Å²) in [7, 11) is 6.00. The van der Waals surface area contributed by atoms with Gasteiger partial charge in [0.05, 0.1) is 0 Å². The van der Waals surface area contributed by atoms with E-state index in [-0.39, 0.29) is 0 Å². The van der Waals surface area contributed by atoms with Gasteiger partial charge in [0.1, 0.15) is 0 Å². The summed E-state index contributed by atoms with van der Waals surface area (Å²) in [6.07, 6.45) is 0.438. The van der Waals surface area contributed by atoms with Crippen molar-refractivity contribution in [3.63, 3.8) is 0 Å². The van der Waals surface area contributed by atoms with E-state index in [0.29, 0.717) is 6.10 Å². The van der Waals surface area contributed by atoms with Crippen LogP contribution in [0.25, 0.3) is 0 Å². The fraction of sp³-hybridized carbons (Fsp3) is 0.750. The van der Waals surface area contributed by atoms with Crippen molar-refractivity contribution in [3.05, 3.63) is 0 Å². The van der Waals surface area contributed by atoms with Gasteiger partial charge < -0.3 is 4.90 Å². The summed E-state index contributed by atoms with van der Waals surface area (Å²) >= 11 is 2.89. The summed E-state index contributed by atoms with van der Waals surface area (Å²) in [4.78, 5) is 2.00. The molecule has 4 heteroatoms. The molecular formula is C4H10BBrN2. The van der Waals surface area contributed by atoms with Gasteiger partial charge >= 0.3 is 6.10 Å². The molecule has 0 aromatic rings. The average molecular weight is 177 g/mol. The molecule has 0 atom stereocenters. The lowest BCUT2D eigenvalue weighted by atomic mass is 10.2. The minimum atomic E-state index is 0.438. The van der Waals surface area contributed by atoms with Crippen LogP contribution >= 0.6 is 15.8 Å². The van der Waals surface area contributed by atoms with Crippen LogP contribution in [0.4, 0.5) is 0 Å². The van der Waals surface area contributed by atoms with Crippen molar-refractivity contribution in [3.8, 4) is 5.97 Å². The van der Waals surface area contributed by atoms with Gasteiger partial charge in [0.25, 0.3) is 0 Å². The summed E-state index contributed by atoms with van der Waals surface area (Å²) in [6, 6.07) is 0. The van der Waals surface area contributed by atoms with Crippen LogP contribution in [0.15, 0.2) is 0 Å². The van der Waals surface area contributed by atoms with Crippen molar-refractivity contribution in [2.45, 2.75) is 0 Å². The largest absolute Gasteiger partial charge is 0.326 e. The third kappa shape index (κ3) is 151. The van der Waals surface area contributed by atoms with E-state index in [1.54, 1.807) is 0 Å². The Morgan fingerprint density at radius 1 is 1.50 bits per heavy atom. The van der Waals surface area contributed by atoms with Crippen LogP contribution in [0, 0.1) is 11.2 Å². The summed E-state index contributed by atoms with van der Waals surface area (Å²) in [5.41, 5.74) is 0. The Labute approximate surface area is 59.7 Å². The van der Waals surface area contributed by atoms with E-state index in [2.05, 4.69) is 15.8 Å². The molecule has 0 aliphatic heterocycles. The maximum absolute atomic E-state index is 7.58. The van der Waals surface area contributed by atoms with E-state index >= 15 is 0 Å². The van der Waals surface area contributed by atoms with Crippen LogP contribution in [0.3, 0.4) is 0 Å². The van der Waals surface area contributed by atoms with Gasteiger partial charge in [-0.25, -0.2) is 5.26 Å². The summed E-state index contributed by atoms with van der Waals surface area (Å²) in [5, 5.41) is 7.58. The SMILES string of the molecule is CN(C)C.N#CBBr. The molecule has 0 heterocycles. The lowest BCUT2D eigenvalue weighted by Gasteiger charge is -1.90. The van der Waals surface area contributed by atoms with Gasteiger partial charge in [-0.3, -0.25) is 0 Å². The van der Waals surface area contributed by atoms with Crippen LogP contribution < -0.4 is 0 Å². The monoisotopic (exact) mass is 176 g/mol. The molecule has 2 nitrogen and oxygen atoms in total. The highest BCUT2D eigenvalue weighted by molar-refractivity contribution is 9.23. The first-order chi connectivity index (χ1) is 3.65. The average Bonchev–Trinajstić information content (AvgIpc) is 1.65. The second kappa shape index (κ2) is 10.1. The Morgan fingerprint density at radius 3 is 1.62 bits per heavy atom. The standard InChI is InChI=1S/C3H9N.CHBBrN/c1-4(2)3;3-2-1-4/h1-3H3;2H. The number of nitrogens with zero attached hydrogens (tertiary/aromatic N) is 2. The van der Waals surface area contributed by atoms with Crippen LogP contribution in [0.1, 0.15) is 0 Å². The lowest BCUT2D eigenvalue weighted by Crippen LogP contribution is -1.99. The maximum Gasteiger partial charge on any atom is 0.326 e. The van der Waals surface area contributed by atoms with E-state index in [4.69, 9.17) is 5.26 Å². The van der Waals surface area contributed by atoms with E-state index < -0.39 is 0 Å². The zero-order valence-electron chi connectivity index (χ0n) is 5.48. The highest BCUT2D eigenvalue weighted by Gasteiger charge is 1.61. The van der Waals surface area contributed by atoms with Crippen LogP contribution in [-0.2, 0) is 0 Å². The smallest absolute Gasteiger partial charge is 0.312 e. The zero-order valence-corrected chi connectivity index (χ0v) is 7.07. The van der Waals surface area contributed by atoms with Crippen molar-refractivity contribution in [1.82, 2.24) is 4.90 Å². The predicted molar refractivity (Wildman–Crippen MR) is 41.3 cm³/mol. The normalized spacial score (nSPS) is 6.50. The van der Waals surface area contributed by atoms with Crippen molar-refractivity contribution < 1.29 is 0 Å². The minimum Gasteiger partial charge on any atom is -0.312 e. The Kier molecular flexibility index (Phi) is 13.7. The molecule has 0 radical (unpaired) electrons. The second-order valence-electron chi connectivity index (χ2n) is 1.63.